The number of nitrogens with zero attached hydrogens (tertiary/aromatic N) is 1. The Balaban J connectivity index is 2.45. The molecule has 0 spiro atoms. The highest BCUT2D eigenvalue weighted by molar-refractivity contribution is 7.80. The van der Waals surface area contributed by atoms with Crippen molar-refractivity contribution in [1.29, 1.82) is 0 Å². The van der Waals surface area contributed by atoms with Crippen LogP contribution in [-0.4, -0.2) is 43.4 Å². The van der Waals surface area contributed by atoms with Crippen molar-refractivity contribution < 1.29 is 4.74 Å². The molecule has 0 aromatic rings. The van der Waals surface area contributed by atoms with Crippen molar-refractivity contribution in [1.82, 2.24) is 10.2 Å². The van der Waals surface area contributed by atoms with Gasteiger partial charge in [-0.1, -0.05) is 0 Å². The fourth-order valence-corrected chi connectivity index (χ4v) is 1.91. The highest BCUT2D eigenvalue weighted by Crippen LogP contribution is 2.35. The Morgan fingerprint density at radius 2 is 2.29 bits per heavy atom. The van der Waals surface area contributed by atoms with Crippen LogP contribution in [0.5, 0.6) is 0 Å². The van der Waals surface area contributed by atoms with Gasteiger partial charge in [-0.15, -0.1) is 0 Å². The van der Waals surface area contributed by atoms with Crippen molar-refractivity contribution in [3.05, 3.63) is 0 Å². The molecule has 3 nitrogen and oxygen atoms in total. The van der Waals surface area contributed by atoms with Crippen LogP contribution in [0.25, 0.3) is 0 Å². The maximum atomic E-state index is 5.27. The Hall–Kier alpha value is -0.350. The maximum Gasteiger partial charge on any atom is 0.169 e. The summed E-state index contributed by atoms with van der Waals surface area (Å²) >= 11 is 5.27. The highest BCUT2D eigenvalue weighted by atomic mass is 32.1. The number of nitrogens with one attached hydrogen (secondary N) is 1. The molecule has 1 rings (SSSR count). The van der Waals surface area contributed by atoms with Gasteiger partial charge in [0.15, 0.2) is 5.11 Å². The Bertz CT molecular complexity index is 195. The molecule has 4 heteroatoms. The maximum absolute atomic E-state index is 5.27. The van der Waals surface area contributed by atoms with Crippen molar-refractivity contribution in [3.63, 3.8) is 0 Å². The van der Waals surface area contributed by atoms with Crippen LogP contribution < -0.4 is 5.32 Å². The minimum Gasteiger partial charge on any atom is -0.383 e. The van der Waals surface area contributed by atoms with Gasteiger partial charge in [0.2, 0.25) is 0 Å². The molecule has 1 saturated carbocycles. The molecule has 1 aliphatic rings. The molecule has 0 radical (unpaired) electrons. The smallest absolute Gasteiger partial charge is 0.169 e. The Kier molecular flexibility index (Phi) is 4.62. The average molecular weight is 216 g/mol. The zero-order valence-corrected chi connectivity index (χ0v) is 10.1. The van der Waals surface area contributed by atoms with E-state index in [4.69, 9.17) is 17.0 Å². The summed E-state index contributed by atoms with van der Waals surface area (Å²) in [6, 6.07) is 0.546. The van der Waals surface area contributed by atoms with Gasteiger partial charge in [0.25, 0.3) is 0 Å². The van der Waals surface area contributed by atoms with Crippen molar-refractivity contribution >= 4 is 17.3 Å². The summed E-state index contributed by atoms with van der Waals surface area (Å²) in [5, 5.41) is 3.87. The Morgan fingerprint density at radius 3 is 2.71 bits per heavy atom. The van der Waals surface area contributed by atoms with E-state index in [0.29, 0.717) is 6.04 Å². The lowest BCUT2D eigenvalue weighted by atomic mass is 10.2. The number of methoxy groups -OCH3 is 1. The standard InChI is InChI=1S/C10H20N2OS/c1-8(9-4-5-9)12(6-7-13-3)10(14)11-2/h8-9H,4-7H2,1-3H3,(H,11,14). The van der Waals surface area contributed by atoms with E-state index in [9.17, 15) is 0 Å². The summed E-state index contributed by atoms with van der Waals surface area (Å²) in [5.41, 5.74) is 0. The monoisotopic (exact) mass is 216 g/mol. The van der Waals surface area contributed by atoms with Gasteiger partial charge in [-0.05, 0) is 37.9 Å². The molecule has 1 N–H and O–H groups in total. The molecule has 1 aliphatic carbocycles. The number of hydrogen-bond donors (Lipinski definition) is 1. The molecule has 1 atom stereocenters. The summed E-state index contributed by atoms with van der Waals surface area (Å²) in [6.07, 6.45) is 2.69. The second kappa shape index (κ2) is 5.51. The predicted octanol–water partition coefficient (Wildman–Crippen LogP) is 1.24. The summed E-state index contributed by atoms with van der Waals surface area (Å²) < 4.78 is 5.09. The molecule has 0 amide bonds. The molecular weight excluding hydrogens is 196 g/mol. The lowest BCUT2D eigenvalue weighted by molar-refractivity contribution is 0.159. The normalized spacial score (nSPS) is 17.6. The third kappa shape index (κ3) is 3.10. The van der Waals surface area contributed by atoms with Crippen LogP contribution in [0, 0.1) is 5.92 Å². The van der Waals surface area contributed by atoms with Crippen molar-refractivity contribution in [2.24, 2.45) is 5.92 Å². The first-order valence-electron chi connectivity index (χ1n) is 5.18. The molecule has 0 aromatic carbocycles. The highest BCUT2D eigenvalue weighted by Gasteiger charge is 2.32. The van der Waals surface area contributed by atoms with E-state index in [0.717, 1.165) is 24.2 Å². The fourth-order valence-electron chi connectivity index (χ4n) is 1.66. The van der Waals surface area contributed by atoms with Crippen molar-refractivity contribution in [2.75, 3.05) is 27.3 Å². The molecule has 14 heavy (non-hydrogen) atoms. The van der Waals surface area contributed by atoms with Crippen LogP contribution in [0.1, 0.15) is 19.8 Å². The first kappa shape index (κ1) is 11.7. The molecule has 1 fully saturated rings. The second-order valence-corrected chi connectivity index (χ2v) is 4.21. The van der Waals surface area contributed by atoms with Crippen LogP contribution >= 0.6 is 12.2 Å². The minimum absolute atomic E-state index is 0.546. The quantitative estimate of drug-likeness (QED) is 0.699. The van der Waals surface area contributed by atoms with E-state index >= 15 is 0 Å². The fraction of sp³-hybridized carbons (Fsp3) is 0.900. The number of hydrogen-bond acceptors (Lipinski definition) is 2. The number of rotatable bonds is 5. The van der Waals surface area contributed by atoms with Gasteiger partial charge in [-0.2, -0.15) is 0 Å². The van der Waals surface area contributed by atoms with Crippen LogP contribution in [0.2, 0.25) is 0 Å². The topological polar surface area (TPSA) is 24.5 Å². The lowest BCUT2D eigenvalue weighted by Crippen LogP contribution is -2.46. The lowest BCUT2D eigenvalue weighted by Gasteiger charge is -2.31. The number of ether oxygens (including phenoxy) is 1. The van der Waals surface area contributed by atoms with Gasteiger partial charge in [-0.25, -0.2) is 0 Å². The summed E-state index contributed by atoms with van der Waals surface area (Å²) in [5.74, 6) is 0.832. The molecule has 82 valence electrons. The Morgan fingerprint density at radius 1 is 1.64 bits per heavy atom. The van der Waals surface area contributed by atoms with Crippen molar-refractivity contribution in [3.8, 4) is 0 Å². The van der Waals surface area contributed by atoms with Gasteiger partial charge >= 0.3 is 0 Å². The first-order valence-corrected chi connectivity index (χ1v) is 5.58. The van der Waals surface area contributed by atoms with Crippen LogP contribution in [-0.2, 0) is 4.74 Å². The van der Waals surface area contributed by atoms with Gasteiger partial charge < -0.3 is 15.0 Å². The zero-order chi connectivity index (χ0) is 10.6. The molecule has 0 aromatic heterocycles. The molecular formula is C10H20N2OS. The van der Waals surface area contributed by atoms with E-state index in [1.165, 1.54) is 12.8 Å². The molecule has 0 aliphatic heterocycles. The van der Waals surface area contributed by atoms with E-state index in [1.807, 2.05) is 7.05 Å². The van der Waals surface area contributed by atoms with E-state index < -0.39 is 0 Å². The van der Waals surface area contributed by atoms with E-state index in [1.54, 1.807) is 7.11 Å². The van der Waals surface area contributed by atoms with E-state index in [-0.39, 0.29) is 0 Å². The Labute approximate surface area is 91.8 Å². The van der Waals surface area contributed by atoms with Gasteiger partial charge in [0.1, 0.15) is 0 Å². The van der Waals surface area contributed by atoms with Crippen LogP contribution in [0.15, 0.2) is 0 Å². The van der Waals surface area contributed by atoms with Gasteiger partial charge in [0, 0.05) is 26.7 Å². The molecule has 0 heterocycles. The van der Waals surface area contributed by atoms with Gasteiger partial charge in [0.05, 0.1) is 6.61 Å². The number of thiocarbonyl (C=S) groups is 1. The third-order valence-electron chi connectivity index (χ3n) is 2.81. The minimum atomic E-state index is 0.546. The first-order chi connectivity index (χ1) is 6.70. The third-order valence-corrected chi connectivity index (χ3v) is 3.25. The van der Waals surface area contributed by atoms with Crippen LogP contribution in [0.3, 0.4) is 0 Å². The van der Waals surface area contributed by atoms with Crippen molar-refractivity contribution in [2.45, 2.75) is 25.8 Å². The SMILES string of the molecule is CNC(=S)N(CCOC)C(C)C1CC1. The summed E-state index contributed by atoms with van der Waals surface area (Å²) in [7, 11) is 3.60. The molecule has 0 saturated heterocycles. The van der Waals surface area contributed by atoms with E-state index in [2.05, 4.69) is 17.1 Å². The second-order valence-electron chi connectivity index (χ2n) is 3.82. The predicted molar refractivity (Wildman–Crippen MR) is 62.4 cm³/mol. The summed E-state index contributed by atoms with van der Waals surface area (Å²) in [4.78, 5) is 2.23. The van der Waals surface area contributed by atoms with Gasteiger partial charge in [-0.3, -0.25) is 0 Å². The van der Waals surface area contributed by atoms with Crippen LogP contribution in [0.4, 0.5) is 0 Å². The largest absolute Gasteiger partial charge is 0.383 e. The average Bonchev–Trinajstić information content (AvgIpc) is 3.00. The molecule has 1 unspecified atom stereocenters. The molecule has 0 bridgehead atoms. The zero-order valence-electron chi connectivity index (χ0n) is 9.25. The summed E-state index contributed by atoms with van der Waals surface area (Å²) in [6.45, 7) is 3.86.